The highest BCUT2D eigenvalue weighted by Gasteiger charge is 2.48. The third-order valence-corrected chi connectivity index (χ3v) is 6.97. The summed E-state index contributed by atoms with van der Waals surface area (Å²) < 4.78 is 4.74. The van der Waals surface area contributed by atoms with E-state index in [0.717, 1.165) is 37.6 Å². The number of carbonyl (C=O) groups is 2. The monoisotopic (exact) mass is 397 g/mol. The van der Waals surface area contributed by atoms with E-state index in [1.165, 1.54) is 23.8 Å². The number of hydrogen-bond acceptors (Lipinski definition) is 4. The summed E-state index contributed by atoms with van der Waals surface area (Å²) in [6.45, 7) is 0.710. The molecule has 0 unspecified atom stereocenters. The van der Waals surface area contributed by atoms with Crippen molar-refractivity contribution < 1.29 is 14.3 Å². The highest BCUT2D eigenvalue weighted by Crippen LogP contribution is 2.48. The lowest BCUT2D eigenvalue weighted by Crippen LogP contribution is -2.56. The predicted octanol–water partition coefficient (Wildman–Crippen LogP) is 3.21. The molecule has 6 nitrogen and oxygen atoms in total. The molecule has 2 aromatic rings. The number of benzene rings is 1. The number of H-pyrrole nitrogens is 1. The van der Waals surface area contributed by atoms with Gasteiger partial charge in [0.15, 0.2) is 0 Å². The summed E-state index contributed by atoms with van der Waals surface area (Å²) in [5.74, 6) is -0.268. The van der Waals surface area contributed by atoms with Crippen LogP contribution in [0.4, 0.5) is 0 Å². The van der Waals surface area contributed by atoms with Gasteiger partial charge in [0.1, 0.15) is 0 Å². The zero-order valence-corrected chi connectivity index (χ0v) is 17.7. The van der Waals surface area contributed by atoms with Crippen molar-refractivity contribution in [3.63, 3.8) is 0 Å². The van der Waals surface area contributed by atoms with Gasteiger partial charge < -0.3 is 19.5 Å². The molecule has 0 bridgehead atoms. The van der Waals surface area contributed by atoms with E-state index in [9.17, 15) is 9.59 Å². The number of fused-ring (bicyclic) bond motifs is 4. The van der Waals surface area contributed by atoms with Crippen LogP contribution < -0.4 is 0 Å². The Bertz CT molecular complexity index is 909. The molecule has 1 aliphatic heterocycles. The molecule has 1 N–H and O–H groups in total. The zero-order valence-electron chi connectivity index (χ0n) is 17.7. The third kappa shape index (κ3) is 3.44. The molecule has 0 atom stereocenters. The molecule has 156 valence electrons. The van der Waals surface area contributed by atoms with Crippen molar-refractivity contribution in [3.8, 4) is 0 Å². The lowest BCUT2D eigenvalue weighted by Gasteiger charge is -2.51. The van der Waals surface area contributed by atoms with Crippen LogP contribution in [0.2, 0.25) is 0 Å². The number of hydrogen-bond donors (Lipinski definition) is 1. The first kappa shape index (κ1) is 20.0. The van der Waals surface area contributed by atoms with Crippen molar-refractivity contribution in [2.45, 2.75) is 56.5 Å². The fraction of sp³-hybridized carbons (Fsp3) is 0.565. The minimum Gasteiger partial charge on any atom is -0.469 e. The van der Waals surface area contributed by atoms with Gasteiger partial charge in [0.2, 0.25) is 5.91 Å². The number of aromatic amines is 1. The number of carbonyl (C=O) groups excluding carboxylic acids is 2. The summed E-state index contributed by atoms with van der Waals surface area (Å²) in [7, 11) is 5.64. The van der Waals surface area contributed by atoms with Crippen LogP contribution in [0.25, 0.3) is 10.9 Å². The van der Waals surface area contributed by atoms with Crippen LogP contribution >= 0.6 is 0 Å². The van der Waals surface area contributed by atoms with Gasteiger partial charge in [-0.2, -0.15) is 0 Å². The number of ether oxygens (including phenoxy) is 1. The molecule has 6 heteroatoms. The fourth-order valence-electron chi connectivity index (χ4n) is 5.36. The SMILES string of the molecule is COC(=O)CCC(=O)N1CCc2c([nH]c3ccccc23)C12CCC(N(C)C)CC2. The van der Waals surface area contributed by atoms with Gasteiger partial charge in [0, 0.05) is 35.6 Å². The van der Waals surface area contributed by atoms with Gasteiger partial charge in [0.05, 0.1) is 19.1 Å². The van der Waals surface area contributed by atoms with E-state index in [2.05, 4.69) is 53.1 Å². The molecule has 0 saturated heterocycles. The Morgan fingerprint density at radius 2 is 1.93 bits per heavy atom. The molecule has 4 rings (SSSR count). The Morgan fingerprint density at radius 3 is 2.62 bits per heavy atom. The maximum Gasteiger partial charge on any atom is 0.306 e. The van der Waals surface area contributed by atoms with E-state index < -0.39 is 0 Å². The van der Waals surface area contributed by atoms with Gasteiger partial charge in [-0.3, -0.25) is 9.59 Å². The highest BCUT2D eigenvalue weighted by molar-refractivity contribution is 5.87. The second kappa shape index (κ2) is 7.82. The Kier molecular flexibility index (Phi) is 5.38. The first-order valence-electron chi connectivity index (χ1n) is 10.6. The normalized spacial score (nSPS) is 24.1. The number of nitrogens with zero attached hydrogens (tertiary/aromatic N) is 2. The first-order chi connectivity index (χ1) is 14.0. The minimum atomic E-state index is -0.327. The molecule has 1 aromatic heterocycles. The Labute approximate surface area is 172 Å². The number of rotatable bonds is 4. The van der Waals surface area contributed by atoms with E-state index in [4.69, 9.17) is 4.74 Å². The number of esters is 1. The van der Waals surface area contributed by atoms with Gasteiger partial charge in [0.25, 0.3) is 0 Å². The highest BCUT2D eigenvalue weighted by atomic mass is 16.5. The molecule has 0 radical (unpaired) electrons. The van der Waals surface area contributed by atoms with Crippen molar-refractivity contribution >= 4 is 22.8 Å². The standard InChI is InChI=1S/C23H31N3O3/c1-25(2)16-10-13-23(14-11-16)22-18(17-6-4-5-7-19(17)24-22)12-15-26(23)20(27)8-9-21(28)29-3/h4-7,16,24H,8-15H2,1-3H3. The van der Waals surface area contributed by atoms with E-state index >= 15 is 0 Å². The second-order valence-electron chi connectivity index (χ2n) is 8.62. The number of aromatic nitrogens is 1. The summed E-state index contributed by atoms with van der Waals surface area (Å²) in [5, 5.41) is 1.28. The lowest BCUT2D eigenvalue weighted by atomic mass is 9.72. The molecular formula is C23H31N3O3. The largest absolute Gasteiger partial charge is 0.469 e. The fourth-order valence-corrected chi connectivity index (χ4v) is 5.36. The average molecular weight is 398 g/mol. The van der Waals surface area contributed by atoms with Crippen LogP contribution in [0.1, 0.15) is 49.8 Å². The van der Waals surface area contributed by atoms with Crippen LogP contribution in [-0.4, -0.2) is 60.5 Å². The lowest BCUT2D eigenvalue weighted by molar-refractivity contribution is -0.147. The van der Waals surface area contributed by atoms with Gasteiger partial charge >= 0.3 is 5.97 Å². The molecule has 1 aliphatic carbocycles. The van der Waals surface area contributed by atoms with Gasteiger partial charge in [-0.05, 0) is 57.8 Å². The minimum absolute atomic E-state index is 0.0583. The predicted molar refractivity (Wildman–Crippen MR) is 113 cm³/mol. The summed E-state index contributed by atoms with van der Waals surface area (Å²) >= 11 is 0. The smallest absolute Gasteiger partial charge is 0.306 e. The molecular weight excluding hydrogens is 366 g/mol. The van der Waals surface area contributed by atoms with E-state index in [-0.39, 0.29) is 30.3 Å². The number of para-hydroxylation sites is 1. The first-order valence-corrected chi connectivity index (χ1v) is 10.6. The summed E-state index contributed by atoms with van der Waals surface area (Å²) in [6.07, 6.45) is 5.20. The quantitative estimate of drug-likeness (QED) is 0.805. The van der Waals surface area contributed by atoms with Crippen LogP contribution in [0, 0.1) is 0 Å². The number of amides is 1. The van der Waals surface area contributed by atoms with Gasteiger partial charge in [-0.1, -0.05) is 18.2 Å². The second-order valence-corrected chi connectivity index (χ2v) is 8.62. The summed E-state index contributed by atoms with van der Waals surface area (Å²) in [4.78, 5) is 32.9. The Hall–Kier alpha value is -2.34. The summed E-state index contributed by atoms with van der Waals surface area (Å²) in [5.41, 5.74) is 3.43. The van der Waals surface area contributed by atoms with E-state index in [1.807, 2.05) is 0 Å². The number of methoxy groups -OCH3 is 1. The van der Waals surface area contributed by atoms with Crippen LogP contribution in [0.15, 0.2) is 24.3 Å². The van der Waals surface area contributed by atoms with E-state index in [1.54, 1.807) is 0 Å². The van der Waals surface area contributed by atoms with Crippen molar-refractivity contribution in [1.29, 1.82) is 0 Å². The van der Waals surface area contributed by atoms with Crippen molar-refractivity contribution in [3.05, 3.63) is 35.5 Å². The maximum atomic E-state index is 13.2. The van der Waals surface area contributed by atoms with E-state index in [0.29, 0.717) is 12.6 Å². The molecule has 2 heterocycles. The zero-order chi connectivity index (χ0) is 20.6. The van der Waals surface area contributed by atoms with Crippen LogP contribution in [0.5, 0.6) is 0 Å². The molecule has 1 aromatic carbocycles. The Balaban J connectivity index is 1.70. The van der Waals surface area contributed by atoms with Crippen LogP contribution in [0.3, 0.4) is 0 Å². The van der Waals surface area contributed by atoms with Crippen molar-refractivity contribution in [2.75, 3.05) is 27.7 Å². The Morgan fingerprint density at radius 1 is 1.21 bits per heavy atom. The molecule has 1 amide bonds. The van der Waals surface area contributed by atoms with Gasteiger partial charge in [-0.15, -0.1) is 0 Å². The maximum absolute atomic E-state index is 13.2. The molecule has 1 spiro atoms. The number of nitrogens with one attached hydrogen (secondary N) is 1. The van der Waals surface area contributed by atoms with Crippen LogP contribution in [-0.2, 0) is 26.3 Å². The topological polar surface area (TPSA) is 65.6 Å². The van der Waals surface area contributed by atoms with Crippen molar-refractivity contribution in [2.24, 2.45) is 0 Å². The molecule has 29 heavy (non-hydrogen) atoms. The molecule has 1 saturated carbocycles. The molecule has 2 aliphatic rings. The average Bonchev–Trinajstić information content (AvgIpc) is 3.12. The third-order valence-electron chi connectivity index (χ3n) is 6.97. The summed E-state index contributed by atoms with van der Waals surface area (Å²) in [6, 6.07) is 8.98. The van der Waals surface area contributed by atoms with Gasteiger partial charge in [-0.25, -0.2) is 0 Å². The van der Waals surface area contributed by atoms with Crippen molar-refractivity contribution in [1.82, 2.24) is 14.8 Å². The molecule has 1 fully saturated rings.